The fourth-order valence-electron chi connectivity index (χ4n) is 0.767. The molecule has 0 fully saturated rings. The van der Waals surface area contributed by atoms with Crippen molar-refractivity contribution in [2.24, 2.45) is 0 Å². The molecule has 5 nitrogen and oxygen atoms in total. The van der Waals surface area contributed by atoms with Crippen molar-refractivity contribution in [3.63, 3.8) is 0 Å². The minimum atomic E-state index is -0.216. The summed E-state index contributed by atoms with van der Waals surface area (Å²) in [6.07, 6.45) is 2.01. The van der Waals surface area contributed by atoms with Gasteiger partial charge in [0.1, 0.15) is 0 Å². The van der Waals surface area contributed by atoms with Crippen LogP contribution in [-0.4, -0.2) is 33.7 Å². The van der Waals surface area contributed by atoms with Crippen molar-refractivity contribution in [2.45, 2.75) is 18.6 Å². The first-order valence-corrected chi connectivity index (χ1v) is 6.41. The second-order valence-electron chi connectivity index (χ2n) is 3.59. The summed E-state index contributed by atoms with van der Waals surface area (Å²) < 4.78 is 0.0197. The molecule has 1 aromatic heterocycles. The molecular weight excluding hydrogens is 232 g/mol. The van der Waals surface area contributed by atoms with Gasteiger partial charge in [-0.3, -0.25) is 4.79 Å². The van der Waals surface area contributed by atoms with Crippen LogP contribution in [0.3, 0.4) is 0 Å². The average Bonchev–Trinajstić information content (AvgIpc) is 2.61. The second-order valence-corrected chi connectivity index (χ2v) is 6.11. The van der Waals surface area contributed by atoms with Gasteiger partial charge < -0.3 is 11.1 Å². The predicted octanol–water partition coefficient (Wildman–Crippen LogP) is 0.992. The number of nitrogens with one attached hydrogen (secondary N) is 1. The molecule has 1 rings (SSSR count). The van der Waals surface area contributed by atoms with Gasteiger partial charge in [-0.05, 0) is 20.1 Å². The summed E-state index contributed by atoms with van der Waals surface area (Å²) in [5.74, 6) is -0.216. The Labute approximate surface area is 96.8 Å². The van der Waals surface area contributed by atoms with Crippen LogP contribution in [0.4, 0.5) is 5.13 Å². The number of hydrogen-bond acceptors (Lipinski definition) is 6. The maximum atomic E-state index is 11.6. The van der Waals surface area contributed by atoms with Crippen LogP contribution in [0.15, 0.2) is 0 Å². The van der Waals surface area contributed by atoms with Crippen molar-refractivity contribution >= 4 is 34.1 Å². The highest BCUT2D eigenvalue weighted by atomic mass is 32.2. The summed E-state index contributed by atoms with van der Waals surface area (Å²) in [6.45, 7) is 4.71. The largest absolute Gasteiger partial charge is 0.374 e. The van der Waals surface area contributed by atoms with Gasteiger partial charge in [-0.2, -0.15) is 11.8 Å². The Morgan fingerprint density at radius 3 is 2.73 bits per heavy atom. The van der Waals surface area contributed by atoms with E-state index in [0.29, 0.717) is 16.7 Å². The summed E-state index contributed by atoms with van der Waals surface area (Å²) in [6, 6.07) is 0. The maximum Gasteiger partial charge on any atom is 0.282 e. The lowest BCUT2D eigenvalue weighted by atomic mass is 10.2. The normalized spacial score (nSPS) is 11.4. The standard InChI is InChI=1S/C8H14N4OS2/c1-8(2,14-3)4-10-5(13)6-11-12-7(9)15-6/h4H2,1-3H3,(H2,9,12)(H,10,13). The molecule has 0 aliphatic rings. The van der Waals surface area contributed by atoms with Gasteiger partial charge in [0.25, 0.3) is 5.91 Å². The van der Waals surface area contributed by atoms with Crippen molar-refractivity contribution < 1.29 is 4.79 Å². The fraction of sp³-hybridized carbons (Fsp3) is 0.625. The first-order valence-electron chi connectivity index (χ1n) is 4.37. The third-order valence-electron chi connectivity index (χ3n) is 1.86. The van der Waals surface area contributed by atoms with Crippen LogP contribution in [0.5, 0.6) is 0 Å². The molecule has 0 unspecified atom stereocenters. The smallest absolute Gasteiger partial charge is 0.282 e. The van der Waals surface area contributed by atoms with E-state index in [2.05, 4.69) is 29.4 Å². The SMILES string of the molecule is CSC(C)(C)CNC(=O)c1nnc(N)s1. The van der Waals surface area contributed by atoms with E-state index >= 15 is 0 Å². The number of rotatable bonds is 4. The Morgan fingerprint density at radius 1 is 1.60 bits per heavy atom. The van der Waals surface area contributed by atoms with Crippen LogP contribution in [-0.2, 0) is 0 Å². The lowest BCUT2D eigenvalue weighted by molar-refractivity contribution is 0.0949. The van der Waals surface area contributed by atoms with E-state index in [9.17, 15) is 4.79 Å². The van der Waals surface area contributed by atoms with Gasteiger partial charge in [-0.1, -0.05) is 11.3 Å². The number of amides is 1. The summed E-state index contributed by atoms with van der Waals surface area (Å²) in [5.41, 5.74) is 5.39. The van der Waals surface area contributed by atoms with Crippen molar-refractivity contribution in [3.8, 4) is 0 Å². The zero-order chi connectivity index (χ0) is 11.5. The van der Waals surface area contributed by atoms with Crippen LogP contribution in [0.25, 0.3) is 0 Å². The van der Waals surface area contributed by atoms with Crippen LogP contribution in [0, 0.1) is 0 Å². The zero-order valence-electron chi connectivity index (χ0n) is 8.90. The van der Waals surface area contributed by atoms with Crippen LogP contribution >= 0.6 is 23.1 Å². The second kappa shape index (κ2) is 4.80. The molecule has 0 atom stereocenters. The molecule has 7 heteroatoms. The number of nitrogens with zero attached hydrogens (tertiary/aromatic N) is 2. The molecule has 0 radical (unpaired) electrons. The van der Waals surface area contributed by atoms with Gasteiger partial charge in [0, 0.05) is 11.3 Å². The molecule has 0 saturated heterocycles. The van der Waals surface area contributed by atoms with E-state index in [-0.39, 0.29) is 10.7 Å². The fourth-order valence-corrected chi connectivity index (χ4v) is 1.51. The number of carbonyl (C=O) groups is 1. The Kier molecular flexibility index (Phi) is 3.92. The number of carbonyl (C=O) groups excluding carboxylic acids is 1. The quantitative estimate of drug-likeness (QED) is 0.828. The Balaban J connectivity index is 2.50. The molecule has 84 valence electrons. The summed E-state index contributed by atoms with van der Waals surface area (Å²) in [7, 11) is 0. The van der Waals surface area contributed by atoms with Crippen LogP contribution < -0.4 is 11.1 Å². The highest BCUT2D eigenvalue weighted by Gasteiger charge is 2.19. The monoisotopic (exact) mass is 246 g/mol. The summed E-state index contributed by atoms with van der Waals surface area (Å²) in [5, 5.41) is 10.7. The first-order chi connectivity index (χ1) is 6.94. The molecule has 0 aliphatic carbocycles. The lowest BCUT2D eigenvalue weighted by Crippen LogP contribution is -2.36. The predicted molar refractivity (Wildman–Crippen MR) is 64.2 cm³/mol. The molecule has 0 aromatic carbocycles. The first kappa shape index (κ1) is 12.3. The molecule has 0 aliphatic heterocycles. The van der Waals surface area contributed by atoms with Gasteiger partial charge in [-0.25, -0.2) is 0 Å². The highest BCUT2D eigenvalue weighted by Crippen LogP contribution is 2.20. The molecule has 15 heavy (non-hydrogen) atoms. The van der Waals surface area contributed by atoms with E-state index in [1.54, 1.807) is 11.8 Å². The van der Waals surface area contributed by atoms with E-state index in [1.807, 2.05) is 6.26 Å². The summed E-state index contributed by atoms with van der Waals surface area (Å²) in [4.78, 5) is 11.6. The van der Waals surface area contributed by atoms with Gasteiger partial charge in [0.15, 0.2) is 0 Å². The minimum Gasteiger partial charge on any atom is -0.374 e. The van der Waals surface area contributed by atoms with Crippen molar-refractivity contribution in [1.82, 2.24) is 15.5 Å². The van der Waals surface area contributed by atoms with E-state index in [4.69, 9.17) is 5.73 Å². The number of aromatic nitrogens is 2. The number of thioether (sulfide) groups is 1. The average molecular weight is 246 g/mol. The molecule has 1 amide bonds. The summed E-state index contributed by atoms with van der Waals surface area (Å²) >= 11 is 2.79. The Hall–Kier alpha value is -0.820. The minimum absolute atomic E-state index is 0.0197. The van der Waals surface area contributed by atoms with E-state index in [1.165, 1.54) is 0 Å². The molecule has 0 bridgehead atoms. The number of nitrogens with two attached hydrogens (primary N) is 1. The highest BCUT2D eigenvalue weighted by molar-refractivity contribution is 7.99. The topological polar surface area (TPSA) is 80.9 Å². The molecule has 3 N–H and O–H groups in total. The Bertz CT molecular complexity index is 350. The van der Waals surface area contributed by atoms with Crippen molar-refractivity contribution in [1.29, 1.82) is 0 Å². The van der Waals surface area contributed by atoms with Crippen molar-refractivity contribution in [3.05, 3.63) is 5.01 Å². The van der Waals surface area contributed by atoms with Gasteiger partial charge >= 0.3 is 0 Å². The molecule has 0 saturated carbocycles. The van der Waals surface area contributed by atoms with Gasteiger partial charge in [-0.15, -0.1) is 10.2 Å². The van der Waals surface area contributed by atoms with Crippen LogP contribution in [0.2, 0.25) is 0 Å². The number of anilines is 1. The zero-order valence-corrected chi connectivity index (χ0v) is 10.5. The van der Waals surface area contributed by atoms with Gasteiger partial charge in [0.05, 0.1) is 0 Å². The Morgan fingerprint density at radius 2 is 2.27 bits per heavy atom. The van der Waals surface area contributed by atoms with Gasteiger partial charge in [0.2, 0.25) is 10.1 Å². The number of nitrogen functional groups attached to an aromatic ring is 1. The van der Waals surface area contributed by atoms with E-state index in [0.717, 1.165) is 11.3 Å². The third kappa shape index (κ3) is 3.67. The van der Waals surface area contributed by atoms with Crippen molar-refractivity contribution in [2.75, 3.05) is 18.5 Å². The maximum absolute atomic E-state index is 11.6. The van der Waals surface area contributed by atoms with Crippen LogP contribution in [0.1, 0.15) is 23.6 Å². The third-order valence-corrected chi connectivity index (χ3v) is 3.86. The molecule has 1 aromatic rings. The molecular formula is C8H14N4OS2. The molecule has 1 heterocycles. The molecule has 0 spiro atoms. The van der Waals surface area contributed by atoms with E-state index < -0.39 is 0 Å². The lowest BCUT2D eigenvalue weighted by Gasteiger charge is -2.21. The number of hydrogen-bond donors (Lipinski definition) is 2.